The molecule has 4 heteroatoms. The fraction of sp³-hybridized carbons (Fsp3) is 0.727. The van der Waals surface area contributed by atoms with Crippen LogP contribution < -0.4 is 0 Å². The number of hydrogen-bond donors (Lipinski definition) is 0. The van der Waals surface area contributed by atoms with Crippen LogP contribution >= 0.6 is 11.8 Å². The van der Waals surface area contributed by atoms with Gasteiger partial charge in [-0.2, -0.15) is 0 Å². The molecule has 0 spiro atoms. The van der Waals surface area contributed by atoms with Crippen LogP contribution in [0.15, 0.2) is 17.6 Å². The van der Waals surface area contributed by atoms with E-state index in [9.17, 15) is 0 Å². The zero-order chi connectivity index (χ0) is 10.5. The lowest BCUT2D eigenvalue weighted by Crippen LogP contribution is -2.21. The zero-order valence-corrected chi connectivity index (χ0v) is 10.0. The molecule has 1 saturated heterocycles. The van der Waals surface area contributed by atoms with E-state index in [1.807, 2.05) is 24.2 Å². The number of imidazole rings is 1. The maximum absolute atomic E-state index is 5.69. The molecule has 0 aliphatic carbocycles. The Morgan fingerprint density at radius 3 is 3.27 bits per heavy atom. The first kappa shape index (κ1) is 11.0. The fourth-order valence-electron chi connectivity index (χ4n) is 1.78. The Morgan fingerprint density at radius 2 is 2.53 bits per heavy atom. The maximum Gasteiger partial charge on any atom is 0.168 e. The zero-order valence-electron chi connectivity index (χ0n) is 9.19. The predicted molar refractivity (Wildman–Crippen MR) is 62.2 cm³/mol. The molecule has 2 heterocycles. The smallest absolute Gasteiger partial charge is 0.168 e. The van der Waals surface area contributed by atoms with Crippen molar-refractivity contribution in [2.24, 2.45) is 0 Å². The van der Waals surface area contributed by atoms with Crippen LogP contribution in [0.3, 0.4) is 0 Å². The molecule has 0 bridgehead atoms. The first-order valence-corrected chi connectivity index (χ1v) is 6.64. The third kappa shape index (κ3) is 2.98. The Morgan fingerprint density at radius 1 is 1.60 bits per heavy atom. The average Bonchev–Trinajstić information content (AvgIpc) is 2.75. The summed E-state index contributed by atoms with van der Waals surface area (Å²) in [6, 6.07) is 0. The molecule has 1 aliphatic heterocycles. The second-order valence-corrected chi connectivity index (χ2v) is 4.78. The second-order valence-electron chi connectivity index (χ2n) is 3.80. The maximum atomic E-state index is 5.69. The van der Waals surface area contributed by atoms with Crippen molar-refractivity contribution in [3.05, 3.63) is 12.4 Å². The Hall–Kier alpha value is -0.480. The van der Waals surface area contributed by atoms with E-state index in [1.54, 1.807) is 0 Å². The van der Waals surface area contributed by atoms with E-state index in [4.69, 9.17) is 4.74 Å². The lowest BCUT2D eigenvalue weighted by molar-refractivity contribution is 0.0315. The van der Waals surface area contributed by atoms with Crippen molar-refractivity contribution in [1.29, 1.82) is 0 Å². The summed E-state index contributed by atoms with van der Waals surface area (Å²) in [6.07, 6.45) is 8.08. The highest BCUT2D eigenvalue weighted by Gasteiger charge is 2.15. The third-order valence-corrected chi connectivity index (χ3v) is 3.83. The molecule has 0 aromatic carbocycles. The molecule has 1 aromatic heterocycles. The largest absolute Gasteiger partial charge is 0.377 e. The van der Waals surface area contributed by atoms with Gasteiger partial charge in [0.1, 0.15) is 0 Å². The molecule has 84 valence electrons. The van der Waals surface area contributed by atoms with Crippen LogP contribution in [0, 0.1) is 0 Å². The lowest BCUT2D eigenvalue weighted by atomic mass is 10.1. The normalized spacial score (nSPS) is 21.8. The van der Waals surface area contributed by atoms with E-state index >= 15 is 0 Å². The molecule has 1 atom stereocenters. The van der Waals surface area contributed by atoms with E-state index in [0.29, 0.717) is 6.10 Å². The minimum Gasteiger partial charge on any atom is -0.377 e. The molecule has 3 nitrogen and oxygen atoms in total. The van der Waals surface area contributed by atoms with Gasteiger partial charge in [-0.25, -0.2) is 4.98 Å². The molecule has 0 unspecified atom stereocenters. The van der Waals surface area contributed by atoms with Gasteiger partial charge in [0, 0.05) is 31.3 Å². The number of thioether (sulfide) groups is 1. The predicted octanol–water partition coefficient (Wildman–Crippen LogP) is 2.56. The molecule has 0 radical (unpaired) electrons. The van der Waals surface area contributed by atoms with E-state index in [2.05, 4.69) is 16.5 Å². The first-order valence-electron chi connectivity index (χ1n) is 5.65. The van der Waals surface area contributed by atoms with Gasteiger partial charge in [0.25, 0.3) is 0 Å². The summed E-state index contributed by atoms with van der Waals surface area (Å²) in [7, 11) is 0. The van der Waals surface area contributed by atoms with Crippen molar-refractivity contribution in [2.75, 3.05) is 12.4 Å². The Labute approximate surface area is 95.2 Å². The molecule has 0 amide bonds. The molecule has 1 fully saturated rings. The summed E-state index contributed by atoms with van der Waals surface area (Å²) in [6.45, 7) is 4.07. The first-order chi connectivity index (χ1) is 7.40. The number of ether oxygens (including phenoxy) is 1. The summed E-state index contributed by atoms with van der Waals surface area (Å²) in [5.74, 6) is 1.04. The highest BCUT2D eigenvalue weighted by molar-refractivity contribution is 7.99. The summed E-state index contributed by atoms with van der Waals surface area (Å²) in [4.78, 5) is 4.34. The van der Waals surface area contributed by atoms with Crippen LogP contribution in [0.25, 0.3) is 0 Å². The van der Waals surface area contributed by atoms with Gasteiger partial charge in [-0.1, -0.05) is 11.8 Å². The number of hydrogen-bond acceptors (Lipinski definition) is 3. The number of aromatic nitrogens is 2. The molecule has 2 rings (SSSR count). The van der Waals surface area contributed by atoms with Crippen molar-refractivity contribution in [2.45, 2.75) is 44.0 Å². The van der Waals surface area contributed by atoms with Gasteiger partial charge in [0.15, 0.2) is 5.16 Å². The second kappa shape index (κ2) is 5.56. The van der Waals surface area contributed by atoms with Crippen molar-refractivity contribution in [3.8, 4) is 0 Å². The van der Waals surface area contributed by atoms with Crippen LogP contribution in [0.4, 0.5) is 0 Å². The van der Waals surface area contributed by atoms with Crippen LogP contribution in [0.2, 0.25) is 0 Å². The fourth-order valence-corrected chi connectivity index (χ4v) is 2.87. The van der Waals surface area contributed by atoms with Gasteiger partial charge >= 0.3 is 0 Å². The van der Waals surface area contributed by atoms with E-state index < -0.39 is 0 Å². The highest BCUT2D eigenvalue weighted by atomic mass is 32.2. The van der Waals surface area contributed by atoms with Gasteiger partial charge in [-0.3, -0.25) is 0 Å². The van der Waals surface area contributed by atoms with Gasteiger partial charge in [0.2, 0.25) is 0 Å². The molecule has 1 aliphatic rings. The minimum absolute atomic E-state index is 0.436. The van der Waals surface area contributed by atoms with Crippen molar-refractivity contribution < 1.29 is 4.74 Å². The topological polar surface area (TPSA) is 27.1 Å². The summed E-state index contributed by atoms with van der Waals surface area (Å²) < 4.78 is 7.87. The number of aryl methyl sites for hydroxylation is 1. The van der Waals surface area contributed by atoms with Gasteiger partial charge in [-0.15, -0.1) is 0 Å². The van der Waals surface area contributed by atoms with Crippen LogP contribution in [-0.2, 0) is 11.3 Å². The Bertz CT molecular complexity index is 295. The van der Waals surface area contributed by atoms with Gasteiger partial charge in [-0.05, 0) is 26.2 Å². The molecule has 0 saturated carbocycles. The van der Waals surface area contributed by atoms with Gasteiger partial charge in [0.05, 0.1) is 6.10 Å². The monoisotopic (exact) mass is 226 g/mol. The molecular formula is C11H18N2OS. The minimum atomic E-state index is 0.436. The average molecular weight is 226 g/mol. The summed E-state index contributed by atoms with van der Waals surface area (Å²) in [5.41, 5.74) is 0. The quantitative estimate of drug-likeness (QED) is 0.738. The van der Waals surface area contributed by atoms with Crippen LogP contribution in [-0.4, -0.2) is 28.0 Å². The van der Waals surface area contributed by atoms with E-state index in [-0.39, 0.29) is 0 Å². The van der Waals surface area contributed by atoms with Gasteiger partial charge < -0.3 is 9.30 Å². The molecule has 15 heavy (non-hydrogen) atoms. The standard InChI is InChI=1S/C11H18N2OS/c1-2-13-7-6-12-11(13)15-9-10-5-3-4-8-14-10/h6-7,10H,2-5,8-9H2,1H3/t10-/m0/s1. The number of rotatable bonds is 4. The van der Waals surface area contributed by atoms with Crippen LogP contribution in [0.1, 0.15) is 26.2 Å². The summed E-state index contributed by atoms with van der Waals surface area (Å²) >= 11 is 1.81. The SMILES string of the molecule is CCn1ccnc1SC[C@@H]1CCCCO1. The number of nitrogens with zero attached hydrogens (tertiary/aromatic N) is 2. The van der Waals surface area contributed by atoms with E-state index in [1.165, 1.54) is 19.3 Å². The molecular weight excluding hydrogens is 208 g/mol. The molecule has 1 aromatic rings. The molecule has 0 N–H and O–H groups in total. The lowest BCUT2D eigenvalue weighted by Gasteiger charge is -2.21. The summed E-state index contributed by atoms with van der Waals surface area (Å²) in [5, 5.41) is 1.12. The van der Waals surface area contributed by atoms with Crippen molar-refractivity contribution >= 4 is 11.8 Å². The van der Waals surface area contributed by atoms with Crippen LogP contribution in [0.5, 0.6) is 0 Å². The van der Waals surface area contributed by atoms with Crippen molar-refractivity contribution in [3.63, 3.8) is 0 Å². The Kier molecular flexibility index (Phi) is 4.09. The Balaban J connectivity index is 1.81. The third-order valence-electron chi connectivity index (χ3n) is 2.69. The van der Waals surface area contributed by atoms with E-state index in [0.717, 1.165) is 24.1 Å². The van der Waals surface area contributed by atoms with Crippen molar-refractivity contribution in [1.82, 2.24) is 9.55 Å². The highest BCUT2D eigenvalue weighted by Crippen LogP contribution is 2.22.